The molecule has 0 saturated heterocycles. The van der Waals surface area contributed by atoms with E-state index >= 15 is 0 Å². The lowest BCUT2D eigenvalue weighted by molar-refractivity contribution is -0.139. The molecule has 2 N–H and O–H groups in total. The Hall–Kier alpha value is -1.85. The fourth-order valence-corrected chi connectivity index (χ4v) is 2.67. The van der Waals surface area contributed by atoms with Gasteiger partial charge in [0.1, 0.15) is 0 Å². The number of carboxylic acids is 1. The Morgan fingerprint density at radius 2 is 2.11 bits per heavy atom. The van der Waals surface area contributed by atoms with Gasteiger partial charge in [-0.15, -0.1) is 0 Å². The number of amides is 1. The highest BCUT2D eigenvalue weighted by Gasteiger charge is 2.36. The fourth-order valence-electron chi connectivity index (χ4n) is 2.67. The summed E-state index contributed by atoms with van der Waals surface area (Å²) >= 11 is 0. The standard InChI is InChI=1S/C13H18N2O4/c1-9-8-14-19-11(9)12(18)15-13(7-10(16)17)5-3-2-4-6-13/h8H,2-7H2,1H3,(H,15,18)(H,16,17). The monoisotopic (exact) mass is 266 g/mol. The van der Waals surface area contributed by atoms with Crippen LogP contribution in [0.3, 0.4) is 0 Å². The van der Waals surface area contributed by atoms with Gasteiger partial charge in [-0.1, -0.05) is 24.4 Å². The largest absolute Gasteiger partial charge is 0.481 e. The van der Waals surface area contributed by atoms with Gasteiger partial charge in [-0.05, 0) is 19.8 Å². The Bertz CT molecular complexity index is 475. The summed E-state index contributed by atoms with van der Waals surface area (Å²) in [4.78, 5) is 23.2. The van der Waals surface area contributed by atoms with Gasteiger partial charge in [0, 0.05) is 5.56 Å². The zero-order valence-electron chi connectivity index (χ0n) is 10.9. The van der Waals surface area contributed by atoms with E-state index in [9.17, 15) is 9.59 Å². The minimum absolute atomic E-state index is 0.0497. The highest BCUT2D eigenvalue weighted by atomic mass is 16.5. The molecule has 1 amide bonds. The number of aliphatic carboxylic acids is 1. The second-order valence-electron chi connectivity index (χ2n) is 5.20. The summed E-state index contributed by atoms with van der Waals surface area (Å²) in [7, 11) is 0. The third-order valence-corrected chi connectivity index (χ3v) is 3.63. The normalized spacial score (nSPS) is 17.9. The maximum absolute atomic E-state index is 12.1. The van der Waals surface area contributed by atoms with Crippen LogP contribution in [-0.4, -0.2) is 27.7 Å². The molecule has 1 heterocycles. The van der Waals surface area contributed by atoms with Crippen molar-refractivity contribution in [2.75, 3.05) is 0 Å². The number of rotatable bonds is 4. The summed E-state index contributed by atoms with van der Waals surface area (Å²) < 4.78 is 4.91. The Balaban J connectivity index is 2.14. The first-order valence-electron chi connectivity index (χ1n) is 6.48. The van der Waals surface area contributed by atoms with E-state index in [-0.39, 0.29) is 18.1 Å². The number of hydrogen-bond donors (Lipinski definition) is 2. The van der Waals surface area contributed by atoms with E-state index in [4.69, 9.17) is 9.63 Å². The maximum Gasteiger partial charge on any atom is 0.305 e. The number of carboxylic acid groups (broad SMARTS) is 1. The summed E-state index contributed by atoms with van der Waals surface area (Å²) in [6, 6.07) is 0. The van der Waals surface area contributed by atoms with Crippen LogP contribution in [-0.2, 0) is 4.79 Å². The first-order valence-corrected chi connectivity index (χ1v) is 6.48. The van der Waals surface area contributed by atoms with E-state index in [2.05, 4.69) is 10.5 Å². The van der Waals surface area contributed by atoms with Crippen LogP contribution < -0.4 is 5.32 Å². The molecule has 0 bridgehead atoms. The first-order chi connectivity index (χ1) is 9.02. The van der Waals surface area contributed by atoms with Gasteiger partial charge >= 0.3 is 5.97 Å². The molecule has 6 nitrogen and oxygen atoms in total. The zero-order valence-corrected chi connectivity index (χ0v) is 10.9. The van der Waals surface area contributed by atoms with E-state index in [0.717, 1.165) is 19.3 Å². The number of carbonyl (C=O) groups excluding carboxylic acids is 1. The van der Waals surface area contributed by atoms with Crippen molar-refractivity contribution in [3.05, 3.63) is 17.5 Å². The van der Waals surface area contributed by atoms with Gasteiger partial charge in [0.15, 0.2) is 0 Å². The number of nitrogens with zero attached hydrogens (tertiary/aromatic N) is 1. The van der Waals surface area contributed by atoms with Gasteiger partial charge < -0.3 is 14.9 Å². The summed E-state index contributed by atoms with van der Waals surface area (Å²) in [5.41, 5.74) is -0.000732. The number of aryl methyl sites for hydroxylation is 1. The number of hydrogen-bond acceptors (Lipinski definition) is 4. The molecule has 104 valence electrons. The molecule has 6 heteroatoms. The molecule has 1 aromatic heterocycles. The molecule has 0 spiro atoms. The maximum atomic E-state index is 12.1. The Kier molecular flexibility index (Phi) is 3.87. The minimum atomic E-state index is -0.892. The average Bonchev–Trinajstić information content (AvgIpc) is 2.75. The molecule has 2 rings (SSSR count). The molecule has 1 saturated carbocycles. The van der Waals surface area contributed by atoms with E-state index in [1.165, 1.54) is 6.20 Å². The van der Waals surface area contributed by atoms with Crippen molar-refractivity contribution >= 4 is 11.9 Å². The molecule has 0 radical (unpaired) electrons. The van der Waals surface area contributed by atoms with Gasteiger partial charge in [-0.25, -0.2) is 0 Å². The quantitative estimate of drug-likeness (QED) is 0.868. The molecular formula is C13H18N2O4. The van der Waals surface area contributed by atoms with E-state index in [1.54, 1.807) is 6.92 Å². The van der Waals surface area contributed by atoms with Crippen molar-refractivity contribution in [1.29, 1.82) is 0 Å². The molecule has 0 unspecified atom stereocenters. The van der Waals surface area contributed by atoms with Gasteiger partial charge in [0.25, 0.3) is 5.91 Å². The molecule has 1 fully saturated rings. The lowest BCUT2D eigenvalue weighted by Gasteiger charge is -2.36. The summed E-state index contributed by atoms with van der Waals surface area (Å²) in [6.07, 6.45) is 5.76. The predicted octanol–water partition coefficient (Wildman–Crippen LogP) is 1.89. The molecule has 19 heavy (non-hydrogen) atoms. The number of nitrogens with one attached hydrogen (secondary N) is 1. The van der Waals surface area contributed by atoms with Crippen LogP contribution in [0.2, 0.25) is 0 Å². The second-order valence-corrected chi connectivity index (χ2v) is 5.20. The second kappa shape index (κ2) is 5.42. The highest BCUT2D eigenvalue weighted by molar-refractivity contribution is 5.93. The van der Waals surface area contributed by atoms with Crippen molar-refractivity contribution in [3.63, 3.8) is 0 Å². The minimum Gasteiger partial charge on any atom is -0.481 e. The van der Waals surface area contributed by atoms with Crippen molar-refractivity contribution < 1.29 is 19.2 Å². The fraction of sp³-hybridized carbons (Fsp3) is 0.615. The lowest BCUT2D eigenvalue weighted by Crippen LogP contribution is -2.51. The molecule has 0 aromatic carbocycles. The van der Waals surface area contributed by atoms with Crippen molar-refractivity contribution in [3.8, 4) is 0 Å². The molecule has 1 aromatic rings. The van der Waals surface area contributed by atoms with Gasteiger partial charge in [-0.2, -0.15) is 0 Å². The third kappa shape index (κ3) is 3.13. The zero-order chi connectivity index (χ0) is 13.9. The summed E-state index contributed by atoms with van der Waals surface area (Å²) in [5.74, 6) is -1.11. The Labute approximate surface area is 111 Å². The van der Waals surface area contributed by atoms with Crippen LogP contribution in [0.4, 0.5) is 0 Å². The third-order valence-electron chi connectivity index (χ3n) is 3.63. The van der Waals surface area contributed by atoms with Gasteiger partial charge in [0.2, 0.25) is 5.76 Å². The van der Waals surface area contributed by atoms with Crippen molar-refractivity contribution in [2.45, 2.75) is 51.0 Å². The van der Waals surface area contributed by atoms with E-state index in [0.29, 0.717) is 18.4 Å². The van der Waals surface area contributed by atoms with Crippen LogP contribution in [0, 0.1) is 6.92 Å². The summed E-state index contributed by atoms with van der Waals surface area (Å²) in [6.45, 7) is 1.73. The molecular weight excluding hydrogens is 248 g/mol. The van der Waals surface area contributed by atoms with Crippen molar-refractivity contribution in [1.82, 2.24) is 10.5 Å². The average molecular weight is 266 g/mol. The van der Waals surface area contributed by atoms with Crippen LogP contribution in [0.25, 0.3) is 0 Å². The van der Waals surface area contributed by atoms with Crippen LogP contribution in [0.1, 0.15) is 54.6 Å². The van der Waals surface area contributed by atoms with Crippen LogP contribution in [0.5, 0.6) is 0 Å². The molecule has 1 aliphatic carbocycles. The predicted molar refractivity (Wildman–Crippen MR) is 66.8 cm³/mol. The van der Waals surface area contributed by atoms with Crippen molar-refractivity contribution in [2.24, 2.45) is 0 Å². The van der Waals surface area contributed by atoms with E-state index in [1.807, 2.05) is 0 Å². The molecule has 0 aliphatic heterocycles. The highest BCUT2D eigenvalue weighted by Crippen LogP contribution is 2.31. The first kappa shape index (κ1) is 13.6. The molecule has 0 atom stereocenters. The van der Waals surface area contributed by atoms with Gasteiger partial charge in [0.05, 0.1) is 18.2 Å². The number of aromatic nitrogens is 1. The van der Waals surface area contributed by atoms with Crippen LogP contribution in [0.15, 0.2) is 10.7 Å². The lowest BCUT2D eigenvalue weighted by atomic mass is 9.79. The summed E-state index contributed by atoms with van der Waals surface area (Å²) in [5, 5.41) is 15.5. The van der Waals surface area contributed by atoms with Crippen LogP contribution >= 0.6 is 0 Å². The number of carbonyl (C=O) groups is 2. The Morgan fingerprint density at radius 1 is 1.42 bits per heavy atom. The van der Waals surface area contributed by atoms with Gasteiger partial charge in [-0.3, -0.25) is 9.59 Å². The topological polar surface area (TPSA) is 92.4 Å². The molecule has 1 aliphatic rings. The van der Waals surface area contributed by atoms with E-state index < -0.39 is 11.5 Å². The smallest absolute Gasteiger partial charge is 0.305 e. The SMILES string of the molecule is Cc1cnoc1C(=O)NC1(CC(=O)O)CCCCC1. The Morgan fingerprint density at radius 3 is 2.63 bits per heavy atom.